The lowest BCUT2D eigenvalue weighted by Crippen LogP contribution is -2.32. The number of aliphatic hydroxyl groups is 1. The zero-order valence-corrected chi connectivity index (χ0v) is 11.9. The molecule has 0 aliphatic carbocycles. The highest BCUT2D eigenvalue weighted by Crippen LogP contribution is 2.32. The molecule has 1 saturated heterocycles. The van der Waals surface area contributed by atoms with Gasteiger partial charge in [-0.15, -0.1) is 5.10 Å². The van der Waals surface area contributed by atoms with E-state index in [9.17, 15) is 9.50 Å². The van der Waals surface area contributed by atoms with Crippen molar-refractivity contribution in [3.63, 3.8) is 0 Å². The predicted molar refractivity (Wildman–Crippen MR) is 73.1 cm³/mol. The normalized spacial score (nSPS) is 22.2. The molecule has 0 spiro atoms. The lowest BCUT2D eigenvalue weighted by molar-refractivity contribution is 0.0558. The van der Waals surface area contributed by atoms with Crippen LogP contribution in [0.2, 0.25) is 0 Å². The van der Waals surface area contributed by atoms with Gasteiger partial charge < -0.3 is 10.0 Å². The molecule has 2 aromatic heterocycles. The lowest BCUT2D eigenvalue weighted by atomic mass is 10.00. The third-order valence-corrected chi connectivity index (χ3v) is 3.65. The number of β-amino-alcohol motifs (C(OH)–C–C–N with tert-alkyl or cyclic N) is 1. The maximum absolute atomic E-state index is 12.9. The quantitative estimate of drug-likeness (QED) is 0.905. The van der Waals surface area contributed by atoms with Gasteiger partial charge in [-0.25, -0.2) is 19.0 Å². The highest BCUT2D eigenvalue weighted by atomic mass is 19.1. The van der Waals surface area contributed by atoms with Crippen LogP contribution < -0.4 is 4.90 Å². The fourth-order valence-corrected chi connectivity index (χ4v) is 2.38. The Morgan fingerprint density at radius 3 is 2.67 bits per heavy atom. The predicted octanol–water partition coefficient (Wildman–Crippen LogP) is 0.886. The summed E-state index contributed by atoms with van der Waals surface area (Å²) in [7, 11) is 0. The van der Waals surface area contributed by atoms with Crippen molar-refractivity contribution in [2.75, 3.05) is 18.0 Å². The van der Waals surface area contributed by atoms with E-state index in [-0.39, 0.29) is 6.04 Å². The number of halogens is 1. The van der Waals surface area contributed by atoms with Crippen LogP contribution in [-0.4, -0.2) is 43.2 Å². The van der Waals surface area contributed by atoms with Gasteiger partial charge in [0.2, 0.25) is 5.95 Å². The van der Waals surface area contributed by atoms with Gasteiger partial charge in [0.1, 0.15) is 11.3 Å². The maximum Gasteiger partial charge on any atom is 0.225 e. The number of rotatable bonds is 3. The number of nitrogens with zero attached hydrogens (tertiary/aromatic N) is 6. The number of hydrogen-bond donors (Lipinski definition) is 1. The minimum absolute atomic E-state index is 0.188. The molecule has 0 amide bonds. The first-order valence-corrected chi connectivity index (χ1v) is 6.85. The number of hydrogen-bond acceptors (Lipinski definition) is 6. The summed E-state index contributed by atoms with van der Waals surface area (Å²) in [5, 5.41) is 18.8. The highest BCUT2D eigenvalue weighted by molar-refractivity contribution is 5.34. The second kappa shape index (κ2) is 5.03. The van der Waals surface area contributed by atoms with Gasteiger partial charge in [-0.05, 0) is 13.8 Å². The van der Waals surface area contributed by atoms with Crippen LogP contribution in [0.25, 0.3) is 0 Å². The Kier molecular flexibility index (Phi) is 3.32. The molecule has 7 nitrogen and oxygen atoms in total. The van der Waals surface area contributed by atoms with Crippen LogP contribution >= 0.6 is 0 Å². The molecule has 3 heterocycles. The standard InChI is InChI=1S/C13H17FN6O/c1-9(2)20-7-11(17-18-20)13(21)3-4-19(8-13)12-15-5-10(14)6-16-12/h5-7,9,21H,3-4,8H2,1-2H3/t13-/m0/s1. The smallest absolute Gasteiger partial charge is 0.225 e. The van der Waals surface area contributed by atoms with Crippen molar-refractivity contribution in [1.82, 2.24) is 25.0 Å². The van der Waals surface area contributed by atoms with Gasteiger partial charge in [-0.3, -0.25) is 0 Å². The van der Waals surface area contributed by atoms with E-state index >= 15 is 0 Å². The van der Waals surface area contributed by atoms with E-state index in [1.54, 1.807) is 10.9 Å². The maximum atomic E-state index is 12.9. The fraction of sp³-hybridized carbons (Fsp3) is 0.538. The molecule has 0 radical (unpaired) electrons. The Bertz CT molecular complexity index is 628. The van der Waals surface area contributed by atoms with Crippen molar-refractivity contribution in [2.24, 2.45) is 0 Å². The molecule has 21 heavy (non-hydrogen) atoms. The zero-order chi connectivity index (χ0) is 15.0. The van der Waals surface area contributed by atoms with Gasteiger partial charge in [0, 0.05) is 19.0 Å². The van der Waals surface area contributed by atoms with E-state index in [0.29, 0.717) is 31.2 Å². The van der Waals surface area contributed by atoms with Gasteiger partial charge in [-0.2, -0.15) is 0 Å². The van der Waals surface area contributed by atoms with E-state index in [4.69, 9.17) is 0 Å². The summed E-state index contributed by atoms with van der Waals surface area (Å²) in [6.45, 7) is 4.89. The largest absolute Gasteiger partial charge is 0.381 e. The zero-order valence-electron chi connectivity index (χ0n) is 11.9. The molecular formula is C13H17FN6O. The first-order valence-electron chi connectivity index (χ1n) is 6.85. The average molecular weight is 292 g/mol. The second-order valence-corrected chi connectivity index (χ2v) is 5.58. The minimum Gasteiger partial charge on any atom is -0.381 e. The van der Waals surface area contributed by atoms with Crippen LogP contribution in [0.3, 0.4) is 0 Å². The fourth-order valence-electron chi connectivity index (χ4n) is 2.38. The molecule has 0 aromatic carbocycles. The summed E-state index contributed by atoms with van der Waals surface area (Å²) in [4.78, 5) is 9.69. The molecule has 112 valence electrons. The monoisotopic (exact) mass is 292 g/mol. The highest BCUT2D eigenvalue weighted by Gasteiger charge is 2.41. The topological polar surface area (TPSA) is 80.0 Å². The van der Waals surface area contributed by atoms with E-state index in [2.05, 4.69) is 20.3 Å². The van der Waals surface area contributed by atoms with E-state index in [1.807, 2.05) is 18.7 Å². The van der Waals surface area contributed by atoms with Gasteiger partial charge >= 0.3 is 0 Å². The number of anilines is 1. The summed E-state index contributed by atoms with van der Waals surface area (Å²) in [5.74, 6) is -0.0725. The van der Waals surface area contributed by atoms with Crippen LogP contribution in [0, 0.1) is 5.82 Å². The van der Waals surface area contributed by atoms with Crippen molar-refractivity contribution in [1.29, 1.82) is 0 Å². The third-order valence-electron chi connectivity index (χ3n) is 3.65. The Hall–Kier alpha value is -2.09. The Balaban J connectivity index is 1.79. The van der Waals surface area contributed by atoms with Crippen molar-refractivity contribution in [2.45, 2.75) is 31.9 Å². The average Bonchev–Trinajstić information content (AvgIpc) is 3.07. The molecule has 0 bridgehead atoms. The SMILES string of the molecule is CC(C)n1cc([C@]2(O)CCN(c3ncc(F)cn3)C2)nn1. The summed E-state index contributed by atoms with van der Waals surface area (Å²) >= 11 is 0. The minimum atomic E-state index is -1.08. The molecule has 1 fully saturated rings. The summed E-state index contributed by atoms with van der Waals surface area (Å²) in [6.07, 6.45) is 4.51. The molecule has 1 aliphatic rings. The molecule has 1 atom stereocenters. The Labute approximate surface area is 121 Å². The first kappa shape index (κ1) is 13.9. The molecule has 8 heteroatoms. The summed E-state index contributed by atoms with van der Waals surface area (Å²) < 4.78 is 14.6. The van der Waals surface area contributed by atoms with E-state index in [0.717, 1.165) is 12.4 Å². The molecule has 2 aromatic rings. The Morgan fingerprint density at radius 2 is 2.05 bits per heavy atom. The van der Waals surface area contributed by atoms with Crippen LogP contribution in [0.15, 0.2) is 18.6 Å². The Morgan fingerprint density at radius 1 is 1.33 bits per heavy atom. The lowest BCUT2D eigenvalue weighted by Gasteiger charge is -2.20. The molecule has 3 rings (SSSR count). The molecule has 0 unspecified atom stereocenters. The van der Waals surface area contributed by atoms with Crippen molar-refractivity contribution >= 4 is 5.95 Å². The van der Waals surface area contributed by atoms with Gasteiger partial charge in [0.15, 0.2) is 5.82 Å². The first-order chi connectivity index (χ1) is 9.98. The second-order valence-electron chi connectivity index (χ2n) is 5.58. The van der Waals surface area contributed by atoms with Gasteiger partial charge in [-0.1, -0.05) is 5.21 Å². The van der Waals surface area contributed by atoms with Crippen molar-refractivity contribution in [3.05, 3.63) is 30.1 Å². The van der Waals surface area contributed by atoms with E-state index < -0.39 is 11.4 Å². The van der Waals surface area contributed by atoms with Gasteiger partial charge in [0.05, 0.1) is 25.1 Å². The molecule has 1 N–H and O–H groups in total. The van der Waals surface area contributed by atoms with Crippen molar-refractivity contribution < 1.29 is 9.50 Å². The van der Waals surface area contributed by atoms with Crippen LogP contribution in [-0.2, 0) is 5.60 Å². The van der Waals surface area contributed by atoms with Crippen LogP contribution in [0.4, 0.5) is 10.3 Å². The molecular weight excluding hydrogens is 275 g/mol. The number of aromatic nitrogens is 5. The van der Waals surface area contributed by atoms with Crippen molar-refractivity contribution in [3.8, 4) is 0 Å². The van der Waals surface area contributed by atoms with Gasteiger partial charge in [0.25, 0.3) is 0 Å². The van der Waals surface area contributed by atoms with Crippen LogP contribution in [0.5, 0.6) is 0 Å². The summed E-state index contributed by atoms with van der Waals surface area (Å²) in [6, 6.07) is 0.188. The molecule has 1 aliphatic heterocycles. The van der Waals surface area contributed by atoms with E-state index in [1.165, 1.54) is 0 Å². The molecule has 0 saturated carbocycles. The summed E-state index contributed by atoms with van der Waals surface area (Å²) in [5.41, 5.74) is -0.536. The third kappa shape index (κ3) is 2.58. The van der Waals surface area contributed by atoms with Crippen LogP contribution in [0.1, 0.15) is 32.0 Å².